The summed E-state index contributed by atoms with van der Waals surface area (Å²) in [5.74, 6) is 1.11. The number of hydrogen-bond donors (Lipinski definition) is 0. The van der Waals surface area contributed by atoms with E-state index in [1.165, 1.54) is 11.1 Å². The molecule has 2 saturated carbocycles. The first-order valence-electron chi connectivity index (χ1n) is 13.8. The molecule has 1 heterocycles. The highest BCUT2D eigenvalue weighted by Gasteiger charge is 2.66. The van der Waals surface area contributed by atoms with Crippen molar-refractivity contribution in [2.24, 2.45) is 22.7 Å². The van der Waals surface area contributed by atoms with E-state index in [4.69, 9.17) is 13.3 Å². The second kappa shape index (κ2) is 8.40. The predicted octanol–water partition coefficient (Wildman–Crippen LogP) is 7.74. The van der Waals surface area contributed by atoms with Crippen molar-refractivity contribution in [1.82, 2.24) is 0 Å². The van der Waals surface area contributed by atoms with Gasteiger partial charge in [-0.3, -0.25) is 4.79 Å². The van der Waals surface area contributed by atoms with Gasteiger partial charge in [-0.25, -0.2) is 0 Å². The van der Waals surface area contributed by atoms with Crippen molar-refractivity contribution in [2.75, 3.05) is 6.61 Å². The van der Waals surface area contributed by atoms with Crippen LogP contribution in [0, 0.1) is 22.7 Å². The molecule has 2 fully saturated rings. The smallest absolute Gasteiger partial charge is 0.192 e. The minimum absolute atomic E-state index is 0.0196. The maximum Gasteiger partial charge on any atom is 0.192 e. The van der Waals surface area contributed by atoms with Crippen molar-refractivity contribution < 1.29 is 18.1 Å². The minimum atomic E-state index is -2.00. The standard InChI is InChI=1S/C29H50O4Si2/c1-26(2,3)35(10,11)32-19-29(6)24-14-15-27(4)21-18-31-17-20(21)12-13-23(27)28(24,5)16-22(25(29)30)33-34(7,8)9/h17-18,22-24H,12-16,19H2,1-11H3/t22-,23+,24-,27+,28-,29-/m1/s1. The lowest BCUT2D eigenvalue weighted by Gasteiger charge is -2.65. The lowest BCUT2D eigenvalue weighted by Crippen LogP contribution is -2.66. The Kier molecular flexibility index (Phi) is 6.57. The van der Waals surface area contributed by atoms with Gasteiger partial charge < -0.3 is 13.3 Å². The Bertz CT molecular complexity index is 970. The molecule has 4 rings (SSSR count). The number of Topliss-reactive ketones (excluding diaryl/α,β-unsaturated/α-hetero) is 1. The molecule has 6 atom stereocenters. The van der Waals surface area contributed by atoms with Gasteiger partial charge in [0.15, 0.2) is 22.4 Å². The van der Waals surface area contributed by atoms with Gasteiger partial charge in [0.25, 0.3) is 0 Å². The molecule has 6 heteroatoms. The molecule has 0 amide bonds. The molecular formula is C29H50O4Si2. The number of aryl methyl sites for hydroxylation is 1. The van der Waals surface area contributed by atoms with E-state index in [9.17, 15) is 4.79 Å². The Balaban J connectivity index is 1.76. The van der Waals surface area contributed by atoms with E-state index in [-0.39, 0.29) is 22.0 Å². The second-order valence-electron chi connectivity index (χ2n) is 15.2. The minimum Gasteiger partial charge on any atom is -0.472 e. The summed E-state index contributed by atoms with van der Waals surface area (Å²) in [5, 5.41) is 0.116. The molecule has 0 aliphatic heterocycles. The number of furan rings is 1. The summed E-state index contributed by atoms with van der Waals surface area (Å²) < 4.78 is 19.3. The third kappa shape index (κ3) is 4.38. The molecule has 3 aliphatic carbocycles. The number of hydrogen-bond acceptors (Lipinski definition) is 4. The van der Waals surface area contributed by atoms with Gasteiger partial charge in [0.1, 0.15) is 6.10 Å². The molecule has 1 aromatic rings. The molecule has 0 saturated heterocycles. The van der Waals surface area contributed by atoms with E-state index >= 15 is 0 Å². The van der Waals surface area contributed by atoms with Gasteiger partial charge >= 0.3 is 0 Å². The zero-order valence-corrected chi connectivity index (χ0v) is 26.3. The fourth-order valence-electron chi connectivity index (χ4n) is 7.81. The van der Waals surface area contributed by atoms with E-state index in [1.54, 1.807) is 0 Å². The molecule has 0 radical (unpaired) electrons. The molecule has 0 spiro atoms. The Labute approximate surface area is 216 Å². The lowest BCUT2D eigenvalue weighted by atomic mass is 9.40. The predicted molar refractivity (Wildman–Crippen MR) is 148 cm³/mol. The summed E-state index contributed by atoms with van der Waals surface area (Å²) in [4.78, 5) is 14.3. The molecule has 3 aliphatic rings. The number of ketones is 1. The third-order valence-corrected chi connectivity index (χ3v) is 16.1. The summed E-state index contributed by atoms with van der Waals surface area (Å²) in [6, 6.07) is 0. The van der Waals surface area contributed by atoms with Crippen LogP contribution in [-0.2, 0) is 25.5 Å². The van der Waals surface area contributed by atoms with Crippen molar-refractivity contribution in [3.8, 4) is 0 Å². The highest BCUT2D eigenvalue weighted by atomic mass is 28.4. The van der Waals surface area contributed by atoms with E-state index in [0.717, 1.165) is 32.1 Å². The normalized spacial score (nSPS) is 38.0. The summed E-state index contributed by atoms with van der Waals surface area (Å²) >= 11 is 0. The molecule has 4 nitrogen and oxygen atoms in total. The van der Waals surface area contributed by atoms with Crippen LogP contribution in [0.5, 0.6) is 0 Å². The Morgan fingerprint density at radius 2 is 1.69 bits per heavy atom. The summed E-state index contributed by atoms with van der Waals surface area (Å²) in [6.07, 6.45) is 8.86. The van der Waals surface area contributed by atoms with E-state index in [1.807, 2.05) is 12.5 Å². The quantitative estimate of drug-likeness (QED) is 0.374. The van der Waals surface area contributed by atoms with Crippen molar-refractivity contribution in [3.63, 3.8) is 0 Å². The van der Waals surface area contributed by atoms with Crippen molar-refractivity contribution >= 4 is 22.4 Å². The average Bonchev–Trinajstić information content (AvgIpc) is 3.19. The SMILES string of the molecule is CC(C)(C)[Si](C)(C)OC[C@@]1(C)C(=O)[C@H](O[Si](C)(C)C)C[C@@]2(C)[C@H]1CC[C@@]1(C)c3cocc3CC[C@H]21. The first kappa shape index (κ1) is 27.3. The Morgan fingerprint density at radius 3 is 2.29 bits per heavy atom. The first-order valence-corrected chi connectivity index (χ1v) is 20.1. The highest BCUT2D eigenvalue weighted by molar-refractivity contribution is 6.74. The van der Waals surface area contributed by atoms with Gasteiger partial charge in [-0.15, -0.1) is 0 Å². The number of carbonyl (C=O) groups excluding carboxylic acids is 1. The van der Waals surface area contributed by atoms with Crippen LogP contribution in [0.3, 0.4) is 0 Å². The second-order valence-corrected chi connectivity index (χ2v) is 24.4. The average molecular weight is 519 g/mol. The van der Waals surface area contributed by atoms with Gasteiger partial charge in [0.05, 0.1) is 17.9 Å². The van der Waals surface area contributed by atoms with Gasteiger partial charge in [-0.05, 0) is 104 Å². The molecule has 0 N–H and O–H groups in total. The fraction of sp³-hybridized carbons (Fsp3) is 0.828. The number of fused-ring (bicyclic) bond motifs is 5. The molecule has 35 heavy (non-hydrogen) atoms. The van der Waals surface area contributed by atoms with Gasteiger partial charge in [0.2, 0.25) is 0 Å². The highest BCUT2D eigenvalue weighted by Crippen LogP contribution is 2.66. The van der Waals surface area contributed by atoms with Crippen LogP contribution in [0.4, 0.5) is 0 Å². The molecule has 1 aromatic heterocycles. The monoisotopic (exact) mass is 518 g/mol. The van der Waals surface area contributed by atoms with Crippen LogP contribution in [-0.4, -0.2) is 35.1 Å². The van der Waals surface area contributed by atoms with Crippen molar-refractivity contribution in [2.45, 2.75) is 123 Å². The van der Waals surface area contributed by atoms with Gasteiger partial charge in [-0.2, -0.15) is 0 Å². The molecule has 198 valence electrons. The maximum absolute atomic E-state index is 14.3. The van der Waals surface area contributed by atoms with Crippen molar-refractivity contribution in [1.29, 1.82) is 0 Å². The largest absolute Gasteiger partial charge is 0.472 e. The Hall–Kier alpha value is -0.696. The summed E-state index contributed by atoms with van der Waals surface area (Å²) in [7, 11) is -3.90. The fourth-order valence-corrected chi connectivity index (χ4v) is 9.95. The van der Waals surface area contributed by atoms with E-state index in [2.05, 4.69) is 74.3 Å². The topological polar surface area (TPSA) is 48.7 Å². The Morgan fingerprint density at radius 1 is 1.03 bits per heavy atom. The third-order valence-electron chi connectivity index (χ3n) is 10.7. The maximum atomic E-state index is 14.3. The summed E-state index contributed by atoms with van der Waals surface area (Å²) in [6.45, 7) is 25.8. The van der Waals surface area contributed by atoms with Gasteiger partial charge in [0, 0.05) is 6.61 Å². The van der Waals surface area contributed by atoms with E-state index in [0.29, 0.717) is 24.2 Å². The number of rotatable bonds is 5. The summed E-state index contributed by atoms with van der Waals surface area (Å²) in [5.41, 5.74) is 2.39. The van der Waals surface area contributed by atoms with Crippen LogP contribution in [0.2, 0.25) is 37.8 Å². The van der Waals surface area contributed by atoms with Crippen molar-refractivity contribution in [3.05, 3.63) is 23.7 Å². The lowest BCUT2D eigenvalue weighted by molar-refractivity contribution is -0.177. The zero-order valence-electron chi connectivity index (χ0n) is 24.3. The molecular weight excluding hydrogens is 468 g/mol. The van der Waals surface area contributed by atoms with Crippen LogP contribution in [0.15, 0.2) is 16.9 Å². The zero-order chi connectivity index (χ0) is 26.2. The molecule has 0 bridgehead atoms. The van der Waals surface area contributed by atoms with Crippen LogP contribution < -0.4 is 0 Å². The first-order chi connectivity index (χ1) is 15.9. The van der Waals surface area contributed by atoms with Crippen LogP contribution in [0.25, 0.3) is 0 Å². The number of carbonyl (C=O) groups is 1. The molecule has 0 unspecified atom stereocenters. The molecule has 0 aromatic carbocycles. The van der Waals surface area contributed by atoms with Crippen LogP contribution >= 0.6 is 0 Å². The van der Waals surface area contributed by atoms with Gasteiger partial charge in [-0.1, -0.05) is 41.5 Å². The van der Waals surface area contributed by atoms with E-state index < -0.39 is 22.0 Å². The van der Waals surface area contributed by atoms with Crippen LogP contribution in [0.1, 0.15) is 78.4 Å².